The van der Waals surface area contributed by atoms with E-state index in [4.69, 9.17) is 28.9 Å². The first kappa shape index (κ1) is 14.8. The van der Waals surface area contributed by atoms with Crippen molar-refractivity contribution in [2.75, 3.05) is 0 Å². The van der Waals surface area contributed by atoms with Crippen LogP contribution in [-0.2, 0) is 0 Å². The van der Waals surface area contributed by atoms with Crippen molar-refractivity contribution in [2.45, 2.75) is 39.3 Å². The van der Waals surface area contributed by atoms with Crippen LogP contribution in [0.5, 0.6) is 0 Å². The van der Waals surface area contributed by atoms with E-state index >= 15 is 0 Å². The van der Waals surface area contributed by atoms with E-state index in [1.54, 1.807) is 18.2 Å². The van der Waals surface area contributed by atoms with Crippen molar-refractivity contribution in [1.29, 1.82) is 0 Å². The molecule has 0 bridgehead atoms. The molecule has 0 aliphatic carbocycles. The first-order valence-corrected chi connectivity index (χ1v) is 6.35. The van der Waals surface area contributed by atoms with E-state index in [1.165, 1.54) is 0 Å². The molecule has 0 saturated heterocycles. The lowest BCUT2D eigenvalue weighted by molar-refractivity contribution is 0.133. The molecule has 0 amide bonds. The maximum absolute atomic E-state index is 10.1. The van der Waals surface area contributed by atoms with Gasteiger partial charge >= 0.3 is 0 Å². The van der Waals surface area contributed by atoms with Crippen molar-refractivity contribution >= 4 is 23.2 Å². The molecule has 0 radical (unpaired) electrons. The standard InChI is InChI=1S/C13H19Cl2NO/c1-13(2,3)12(16)7-11(17)8-4-9(14)6-10(15)5-8/h4-6,11-12,17H,7,16H2,1-3H3/t11-,12-/m0/s1. The van der Waals surface area contributed by atoms with Gasteiger partial charge in [-0.3, -0.25) is 0 Å². The van der Waals surface area contributed by atoms with Crippen LogP contribution in [0.3, 0.4) is 0 Å². The van der Waals surface area contributed by atoms with Gasteiger partial charge in [-0.05, 0) is 35.6 Å². The molecule has 0 spiro atoms. The molecule has 0 unspecified atom stereocenters. The van der Waals surface area contributed by atoms with Gasteiger partial charge in [0.2, 0.25) is 0 Å². The molecule has 1 aromatic rings. The Morgan fingerprint density at radius 3 is 2.06 bits per heavy atom. The number of halogens is 2. The van der Waals surface area contributed by atoms with Gasteiger partial charge in [-0.15, -0.1) is 0 Å². The Morgan fingerprint density at radius 1 is 1.18 bits per heavy atom. The summed E-state index contributed by atoms with van der Waals surface area (Å²) < 4.78 is 0. The summed E-state index contributed by atoms with van der Waals surface area (Å²) in [4.78, 5) is 0. The summed E-state index contributed by atoms with van der Waals surface area (Å²) in [6, 6.07) is 4.99. The van der Waals surface area contributed by atoms with Gasteiger partial charge < -0.3 is 10.8 Å². The van der Waals surface area contributed by atoms with Crippen molar-refractivity contribution < 1.29 is 5.11 Å². The number of hydrogen-bond acceptors (Lipinski definition) is 2. The molecule has 0 heterocycles. The quantitative estimate of drug-likeness (QED) is 0.882. The van der Waals surface area contributed by atoms with Crippen molar-refractivity contribution in [3.8, 4) is 0 Å². The van der Waals surface area contributed by atoms with Gasteiger partial charge in [-0.2, -0.15) is 0 Å². The maximum Gasteiger partial charge on any atom is 0.0806 e. The molecular formula is C13H19Cl2NO. The number of nitrogens with two attached hydrogens (primary N) is 1. The largest absolute Gasteiger partial charge is 0.388 e. The third-order valence-corrected chi connectivity index (χ3v) is 3.30. The molecule has 3 N–H and O–H groups in total. The van der Waals surface area contributed by atoms with Gasteiger partial charge in [0.25, 0.3) is 0 Å². The number of rotatable bonds is 3. The average molecular weight is 276 g/mol. The summed E-state index contributed by atoms with van der Waals surface area (Å²) in [5, 5.41) is 11.2. The van der Waals surface area contributed by atoms with Gasteiger partial charge in [0.1, 0.15) is 0 Å². The minimum Gasteiger partial charge on any atom is -0.388 e. The zero-order valence-corrected chi connectivity index (χ0v) is 11.9. The number of hydrogen-bond donors (Lipinski definition) is 2. The molecule has 1 rings (SSSR count). The maximum atomic E-state index is 10.1. The molecule has 2 atom stereocenters. The van der Waals surface area contributed by atoms with Crippen LogP contribution in [0.2, 0.25) is 10.0 Å². The topological polar surface area (TPSA) is 46.2 Å². The minimum atomic E-state index is -0.638. The van der Waals surface area contributed by atoms with E-state index < -0.39 is 6.10 Å². The molecule has 0 fully saturated rings. The Hall–Kier alpha value is -0.280. The van der Waals surface area contributed by atoms with Crippen LogP contribution < -0.4 is 5.73 Å². The van der Waals surface area contributed by atoms with Crippen LogP contribution in [0.25, 0.3) is 0 Å². The summed E-state index contributed by atoms with van der Waals surface area (Å²) >= 11 is 11.8. The molecule has 0 saturated carbocycles. The van der Waals surface area contributed by atoms with E-state index in [0.717, 1.165) is 0 Å². The third-order valence-electron chi connectivity index (χ3n) is 2.86. The fraction of sp³-hybridized carbons (Fsp3) is 0.538. The second kappa shape index (κ2) is 5.57. The van der Waals surface area contributed by atoms with Gasteiger partial charge in [0, 0.05) is 16.1 Å². The van der Waals surface area contributed by atoms with Crippen LogP contribution in [0, 0.1) is 5.41 Å². The normalized spacial score (nSPS) is 15.7. The van der Waals surface area contributed by atoms with Crippen molar-refractivity contribution in [3.05, 3.63) is 33.8 Å². The zero-order valence-electron chi connectivity index (χ0n) is 10.4. The van der Waals surface area contributed by atoms with Crippen LogP contribution in [0.1, 0.15) is 38.9 Å². The highest BCUT2D eigenvalue weighted by Crippen LogP contribution is 2.29. The van der Waals surface area contributed by atoms with E-state index in [2.05, 4.69) is 20.8 Å². The lowest BCUT2D eigenvalue weighted by Crippen LogP contribution is -2.36. The predicted molar refractivity (Wildman–Crippen MR) is 73.5 cm³/mol. The SMILES string of the molecule is CC(C)(C)[C@@H](N)C[C@H](O)c1cc(Cl)cc(Cl)c1. The highest BCUT2D eigenvalue weighted by molar-refractivity contribution is 6.34. The monoisotopic (exact) mass is 275 g/mol. The molecular weight excluding hydrogens is 257 g/mol. The Morgan fingerprint density at radius 2 is 1.65 bits per heavy atom. The first-order chi connectivity index (χ1) is 7.70. The molecule has 2 nitrogen and oxygen atoms in total. The van der Waals surface area contributed by atoms with Gasteiger partial charge in [-0.1, -0.05) is 44.0 Å². The number of aliphatic hydroxyl groups excluding tert-OH is 1. The summed E-state index contributed by atoms with van der Waals surface area (Å²) in [7, 11) is 0. The summed E-state index contributed by atoms with van der Waals surface area (Å²) in [5.41, 5.74) is 6.71. The lowest BCUT2D eigenvalue weighted by atomic mass is 9.83. The second-order valence-corrected chi connectivity index (χ2v) is 6.30. The third kappa shape index (κ3) is 4.47. The fourth-order valence-corrected chi connectivity index (χ4v) is 2.04. The predicted octanol–water partition coefficient (Wildman–Crippen LogP) is 3.79. The number of aliphatic hydroxyl groups is 1. The molecule has 4 heteroatoms. The molecule has 0 aromatic heterocycles. The second-order valence-electron chi connectivity index (χ2n) is 5.43. The smallest absolute Gasteiger partial charge is 0.0806 e. The molecule has 1 aromatic carbocycles. The Balaban J connectivity index is 2.79. The van der Waals surface area contributed by atoms with Crippen LogP contribution >= 0.6 is 23.2 Å². The van der Waals surface area contributed by atoms with Gasteiger partial charge in [-0.25, -0.2) is 0 Å². The molecule has 96 valence electrons. The Bertz CT molecular complexity index is 367. The Labute approximate surface area is 113 Å². The van der Waals surface area contributed by atoms with Crippen molar-refractivity contribution in [2.24, 2.45) is 11.1 Å². The van der Waals surface area contributed by atoms with E-state index in [9.17, 15) is 5.11 Å². The average Bonchev–Trinajstić information content (AvgIpc) is 2.14. The van der Waals surface area contributed by atoms with Gasteiger partial charge in [0.15, 0.2) is 0 Å². The van der Waals surface area contributed by atoms with Gasteiger partial charge in [0.05, 0.1) is 6.10 Å². The molecule has 17 heavy (non-hydrogen) atoms. The van der Waals surface area contributed by atoms with Crippen molar-refractivity contribution in [3.63, 3.8) is 0 Å². The van der Waals surface area contributed by atoms with Crippen LogP contribution in [-0.4, -0.2) is 11.1 Å². The lowest BCUT2D eigenvalue weighted by Gasteiger charge is -2.29. The first-order valence-electron chi connectivity index (χ1n) is 5.60. The summed E-state index contributed by atoms with van der Waals surface area (Å²) in [6.45, 7) is 6.15. The van der Waals surface area contributed by atoms with E-state index in [0.29, 0.717) is 22.0 Å². The highest BCUT2D eigenvalue weighted by Gasteiger charge is 2.24. The summed E-state index contributed by atoms with van der Waals surface area (Å²) in [6.07, 6.45) is -0.152. The molecule has 0 aliphatic heterocycles. The zero-order chi connectivity index (χ0) is 13.2. The number of benzene rings is 1. The highest BCUT2D eigenvalue weighted by atomic mass is 35.5. The van der Waals surface area contributed by atoms with E-state index in [1.807, 2.05) is 0 Å². The fourth-order valence-electron chi connectivity index (χ4n) is 1.50. The minimum absolute atomic E-state index is 0.0383. The summed E-state index contributed by atoms with van der Waals surface area (Å²) in [5.74, 6) is 0. The molecule has 0 aliphatic rings. The van der Waals surface area contributed by atoms with E-state index in [-0.39, 0.29) is 11.5 Å². The van der Waals surface area contributed by atoms with Crippen molar-refractivity contribution in [1.82, 2.24) is 0 Å². The van der Waals surface area contributed by atoms with Crippen LogP contribution in [0.15, 0.2) is 18.2 Å². The Kier molecular flexibility index (Phi) is 4.85. The van der Waals surface area contributed by atoms with Crippen LogP contribution in [0.4, 0.5) is 0 Å².